The number of rotatable bonds is 4. The fourth-order valence-electron chi connectivity index (χ4n) is 2.54. The molecule has 2 rings (SSSR count). The van der Waals surface area contributed by atoms with Gasteiger partial charge < -0.3 is 4.74 Å². The largest absolute Gasteiger partial charge is 0.377 e. The van der Waals surface area contributed by atoms with E-state index in [9.17, 15) is 8.42 Å². The van der Waals surface area contributed by atoms with Gasteiger partial charge in [0, 0.05) is 13.2 Å². The first-order valence-corrected chi connectivity index (χ1v) is 8.50. The molecule has 1 fully saturated rings. The zero-order chi connectivity index (χ0) is 14.9. The normalized spacial score (nSPS) is 19.5. The standard InChI is InChI=1S/C15H23NO3S/c1-10-8-15(13(4)12(3)11(10)2)20(17,18)16-9-14-6-5-7-19-14/h8,14,16H,5-7,9H2,1-4H3/t14-/m1/s1. The molecule has 1 aliphatic rings. The summed E-state index contributed by atoms with van der Waals surface area (Å²) in [5, 5.41) is 0. The maximum absolute atomic E-state index is 12.5. The highest BCUT2D eigenvalue weighted by Gasteiger charge is 2.23. The number of nitrogens with one attached hydrogen (secondary N) is 1. The molecule has 0 radical (unpaired) electrons. The minimum absolute atomic E-state index is 0.0118. The highest BCUT2D eigenvalue weighted by Crippen LogP contribution is 2.24. The van der Waals surface area contributed by atoms with Crippen molar-refractivity contribution in [3.05, 3.63) is 28.3 Å². The van der Waals surface area contributed by atoms with Crippen LogP contribution < -0.4 is 4.72 Å². The summed E-state index contributed by atoms with van der Waals surface area (Å²) in [6.45, 7) is 8.88. The zero-order valence-corrected chi connectivity index (χ0v) is 13.4. The third-order valence-electron chi connectivity index (χ3n) is 4.25. The van der Waals surface area contributed by atoms with E-state index in [1.54, 1.807) is 6.07 Å². The molecule has 1 N–H and O–H groups in total. The Kier molecular flexibility index (Phi) is 4.52. The van der Waals surface area contributed by atoms with Crippen LogP contribution in [0.5, 0.6) is 0 Å². The molecule has 4 nitrogen and oxygen atoms in total. The predicted molar refractivity (Wildman–Crippen MR) is 79.6 cm³/mol. The monoisotopic (exact) mass is 297 g/mol. The predicted octanol–water partition coefficient (Wildman–Crippen LogP) is 2.38. The van der Waals surface area contributed by atoms with Gasteiger partial charge in [-0.3, -0.25) is 0 Å². The lowest BCUT2D eigenvalue weighted by Gasteiger charge is -2.16. The lowest BCUT2D eigenvalue weighted by Crippen LogP contribution is -2.32. The molecule has 20 heavy (non-hydrogen) atoms. The molecule has 1 saturated heterocycles. The molecule has 0 spiro atoms. The van der Waals surface area contributed by atoms with E-state index in [2.05, 4.69) is 4.72 Å². The van der Waals surface area contributed by atoms with Crippen LogP contribution in [0, 0.1) is 27.7 Å². The van der Waals surface area contributed by atoms with Crippen molar-refractivity contribution in [1.82, 2.24) is 4.72 Å². The molecule has 1 aromatic rings. The van der Waals surface area contributed by atoms with E-state index in [0.717, 1.165) is 41.7 Å². The number of hydrogen-bond acceptors (Lipinski definition) is 3. The van der Waals surface area contributed by atoms with Gasteiger partial charge in [0.25, 0.3) is 0 Å². The van der Waals surface area contributed by atoms with Crippen LogP contribution in [0.15, 0.2) is 11.0 Å². The fraction of sp³-hybridized carbons (Fsp3) is 0.600. The average Bonchev–Trinajstić information content (AvgIpc) is 2.91. The fourth-order valence-corrected chi connectivity index (χ4v) is 3.99. The molecule has 0 amide bonds. The average molecular weight is 297 g/mol. The number of hydrogen-bond donors (Lipinski definition) is 1. The second kappa shape index (κ2) is 5.84. The SMILES string of the molecule is Cc1cc(S(=O)(=O)NC[C@H]2CCCO2)c(C)c(C)c1C. The van der Waals surface area contributed by atoms with Gasteiger partial charge in [0.15, 0.2) is 0 Å². The molecule has 1 atom stereocenters. The van der Waals surface area contributed by atoms with Gasteiger partial charge in [-0.2, -0.15) is 0 Å². The molecule has 0 unspecified atom stereocenters. The van der Waals surface area contributed by atoms with Crippen molar-refractivity contribution in [1.29, 1.82) is 0 Å². The van der Waals surface area contributed by atoms with Crippen molar-refractivity contribution in [2.75, 3.05) is 13.2 Å². The summed E-state index contributed by atoms with van der Waals surface area (Å²) in [5.74, 6) is 0. The van der Waals surface area contributed by atoms with Crippen LogP contribution in [0.3, 0.4) is 0 Å². The smallest absolute Gasteiger partial charge is 0.240 e. The van der Waals surface area contributed by atoms with E-state index in [1.807, 2.05) is 27.7 Å². The summed E-state index contributed by atoms with van der Waals surface area (Å²) in [5.41, 5.74) is 4.03. The van der Waals surface area contributed by atoms with Crippen LogP contribution >= 0.6 is 0 Å². The third kappa shape index (κ3) is 3.05. The van der Waals surface area contributed by atoms with E-state index >= 15 is 0 Å². The van der Waals surface area contributed by atoms with Gasteiger partial charge in [0.05, 0.1) is 11.0 Å². The summed E-state index contributed by atoms with van der Waals surface area (Å²) in [4.78, 5) is 0.385. The Labute approximate surface area is 121 Å². The van der Waals surface area contributed by atoms with Crippen molar-refractivity contribution in [3.63, 3.8) is 0 Å². The van der Waals surface area contributed by atoms with Crippen LogP contribution in [0.4, 0.5) is 0 Å². The lowest BCUT2D eigenvalue weighted by atomic mass is 10.00. The number of aryl methyl sites for hydroxylation is 1. The molecule has 5 heteroatoms. The molecule has 1 aliphatic heterocycles. The summed E-state index contributed by atoms with van der Waals surface area (Å²) in [7, 11) is -3.47. The highest BCUT2D eigenvalue weighted by molar-refractivity contribution is 7.89. The van der Waals surface area contributed by atoms with Crippen LogP contribution in [0.2, 0.25) is 0 Å². The number of benzene rings is 1. The molecule has 0 saturated carbocycles. The Balaban J connectivity index is 2.25. The maximum atomic E-state index is 12.5. The summed E-state index contributed by atoms with van der Waals surface area (Å²) >= 11 is 0. The van der Waals surface area contributed by atoms with Crippen LogP contribution in [-0.2, 0) is 14.8 Å². The third-order valence-corrected chi connectivity index (χ3v) is 5.80. The Morgan fingerprint density at radius 2 is 1.90 bits per heavy atom. The molecule has 0 aromatic heterocycles. The van der Waals surface area contributed by atoms with Crippen LogP contribution in [-0.4, -0.2) is 27.7 Å². The minimum Gasteiger partial charge on any atom is -0.377 e. The molecule has 1 heterocycles. The quantitative estimate of drug-likeness (QED) is 0.928. The zero-order valence-electron chi connectivity index (χ0n) is 12.6. The first-order valence-electron chi connectivity index (χ1n) is 7.01. The Morgan fingerprint density at radius 1 is 1.20 bits per heavy atom. The van der Waals surface area contributed by atoms with Crippen molar-refractivity contribution < 1.29 is 13.2 Å². The highest BCUT2D eigenvalue weighted by atomic mass is 32.2. The van der Waals surface area contributed by atoms with Gasteiger partial charge in [-0.1, -0.05) is 0 Å². The van der Waals surface area contributed by atoms with Gasteiger partial charge in [0.1, 0.15) is 0 Å². The molecule has 112 valence electrons. The maximum Gasteiger partial charge on any atom is 0.240 e. The first-order chi connectivity index (χ1) is 9.33. The summed E-state index contributed by atoms with van der Waals surface area (Å²) in [6.07, 6.45) is 1.94. The van der Waals surface area contributed by atoms with Gasteiger partial charge >= 0.3 is 0 Å². The van der Waals surface area contributed by atoms with Crippen LogP contribution in [0.1, 0.15) is 35.1 Å². The molecule has 0 bridgehead atoms. The summed E-state index contributed by atoms with van der Waals surface area (Å²) in [6, 6.07) is 1.76. The number of sulfonamides is 1. The Bertz CT molecular complexity index is 602. The molecular weight excluding hydrogens is 274 g/mol. The van der Waals surface area contributed by atoms with Gasteiger partial charge in [-0.25, -0.2) is 13.1 Å². The second-order valence-electron chi connectivity index (χ2n) is 5.55. The van der Waals surface area contributed by atoms with Gasteiger partial charge in [-0.05, 0) is 68.9 Å². The topological polar surface area (TPSA) is 55.4 Å². The van der Waals surface area contributed by atoms with Crippen LogP contribution in [0.25, 0.3) is 0 Å². The van der Waals surface area contributed by atoms with Crippen molar-refractivity contribution >= 4 is 10.0 Å². The molecular formula is C15H23NO3S. The number of ether oxygens (including phenoxy) is 1. The Morgan fingerprint density at radius 3 is 2.50 bits per heavy atom. The van der Waals surface area contributed by atoms with E-state index in [1.165, 1.54) is 0 Å². The Hall–Kier alpha value is -0.910. The van der Waals surface area contributed by atoms with E-state index in [0.29, 0.717) is 11.4 Å². The lowest BCUT2D eigenvalue weighted by molar-refractivity contribution is 0.114. The summed E-state index contributed by atoms with van der Waals surface area (Å²) < 4.78 is 33.1. The van der Waals surface area contributed by atoms with Crippen molar-refractivity contribution in [2.24, 2.45) is 0 Å². The second-order valence-corrected chi connectivity index (χ2v) is 7.29. The van der Waals surface area contributed by atoms with E-state index in [4.69, 9.17) is 4.74 Å². The van der Waals surface area contributed by atoms with E-state index < -0.39 is 10.0 Å². The van der Waals surface area contributed by atoms with Gasteiger partial charge in [0.2, 0.25) is 10.0 Å². The van der Waals surface area contributed by atoms with Crippen molar-refractivity contribution in [3.8, 4) is 0 Å². The van der Waals surface area contributed by atoms with Crippen molar-refractivity contribution in [2.45, 2.75) is 51.5 Å². The molecule has 0 aliphatic carbocycles. The first kappa shape index (κ1) is 15.5. The van der Waals surface area contributed by atoms with Gasteiger partial charge in [-0.15, -0.1) is 0 Å². The molecule has 1 aromatic carbocycles. The van der Waals surface area contributed by atoms with E-state index in [-0.39, 0.29) is 6.10 Å². The minimum atomic E-state index is -3.47.